The molecule has 1 atom stereocenters. The van der Waals surface area contributed by atoms with Crippen LogP contribution in [0.5, 0.6) is 0 Å². The Labute approximate surface area is 134 Å². The Kier molecular flexibility index (Phi) is 4.58. The number of nitrogens with zero attached hydrogens (tertiary/aromatic N) is 1. The third-order valence-corrected chi connectivity index (χ3v) is 4.53. The van der Waals surface area contributed by atoms with Gasteiger partial charge in [-0.15, -0.1) is 0 Å². The highest BCUT2D eigenvalue weighted by atomic mass is 32.2. The summed E-state index contributed by atoms with van der Waals surface area (Å²) in [5.41, 5.74) is 9.72. The van der Waals surface area contributed by atoms with Crippen molar-refractivity contribution in [2.75, 3.05) is 10.0 Å². The van der Waals surface area contributed by atoms with Crippen molar-refractivity contribution >= 4 is 22.6 Å². The molecule has 0 radical (unpaired) electrons. The maximum Gasteiger partial charge on any atom is 0.262 e. The Balaban J connectivity index is 2.64. The molecule has 22 heavy (non-hydrogen) atoms. The number of nitrogens with two attached hydrogens (primary N) is 1. The SMILES string of the molecule is Cc1cc(-c2ccccc2N(S(=O)O)C(C)(C)C)ccc1N. The normalized spacial score (nSPS) is 13.0. The third kappa shape index (κ3) is 3.31. The van der Waals surface area contributed by atoms with Gasteiger partial charge in [-0.25, -0.2) is 4.21 Å². The van der Waals surface area contributed by atoms with Crippen LogP contribution < -0.4 is 10.0 Å². The second kappa shape index (κ2) is 6.10. The zero-order chi connectivity index (χ0) is 16.5. The van der Waals surface area contributed by atoms with Crippen LogP contribution in [-0.2, 0) is 11.3 Å². The van der Waals surface area contributed by atoms with E-state index in [0.29, 0.717) is 0 Å². The zero-order valence-corrected chi connectivity index (χ0v) is 14.1. The third-order valence-electron chi connectivity index (χ3n) is 3.47. The Morgan fingerprint density at radius 2 is 1.77 bits per heavy atom. The number of benzene rings is 2. The summed E-state index contributed by atoms with van der Waals surface area (Å²) in [7, 11) is 0. The van der Waals surface area contributed by atoms with Crippen molar-refractivity contribution in [3.05, 3.63) is 48.0 Å². The van der Waals surface area contributed by atoms with E-state index in [4.69, 9.17) is 5.73 Å². The van der Waals surface area contributed by atoms with E-state index >= 15 is 0 Å². The highest BCUT2D eigenvalue weighted by Crippen LogP contribution is 2.36. The van der Waals surface area contributed by atoms with Gasteiger partial charge in [-0.3, -0.25) is 8.86 Å². The zero-order valence-electron chi connectivity index (χ0n) is 13.3. The first-order valence-electron chi connectivity index (χ1n) is 7.08. The number of anilines is 2. The fourth-order valence-corrected chi connectivity index (χ4v) is 3.21. The molecule has 0 aliphatic carbocycles. The summed E-state index contributed by atoms with van der Waals surface area (Å²) in [4.78, 5) is 0. The Bertz CT molecular complexity index is 708. The summed E-state index contributed by atoms with van der Waals surface area (Å²) >= 11 is -2.11. The largest absolute Gasteiger partial charge is 0.399 e. The van der Waals surface area contributed by atoms with Crippen molar-refractivity contribution in [2.24, 2.45) is 0 Å². The second-order valence-corrected chi connectivity index (χ2v) is 7.11. The van der Waals surface area contributed by atoms with Gasteiger partial charge in [0.25, 0.3) is 11.3 Å². The maximum absolute atomic E-state index is 11.9. The van der Waals surface area contributed by atoms with Crippen molar-refractivity contribution in [2.45, 2.75) is 33.2 Å². The van der Waals surface area contributed by atoms with Gasteiger partial charge < -0.3 is 5.73 Å². The van der Waals surface area contributed by atoms with E-state index < -0.39 is 16.8 Å². The van der Waals surface area contributed by atoms with Crippen LogP contribution in [0.3, 0.4) is 0 Å². The lowest BCUT2D eigenvalue weighted by Crippen LogP contribution is -2.42. The number of hydrogen-bond acceptors (Lipinski definition) is 2. The standard InChI is InChI=1S/C17H22N2O2S/c1-12-11-13(9-10-15(12)18)14-7-5-6-8-16(14)19(22(20)21)17(2,3)4/h5-11H,18H2,1-4H3,(H,20,21). The molecule has 118 valence electrons. The molecule has 0 aliphatic heterocycles. The van der Waals surface area contributed by atoms with E-state index in [9.17, 15) is 8.76 Å². The molecule has 0 aromatic heterocycles. The van der Waals surface area contributed by atoms with E-state index in [2.05, 4.69) is 0 Å². The van der Waals surface area contributed by atoms with Crippen LogP contribution in [0.2, 0.25) is 0 Å². The molecule has 0 bridgehead atoms. The van der Waals surface area contributed by atoms with Gasteiger partial charge in [0.15, 0.2) is 0 Å². The lowest BCUT2D eigenvalue weighted by Gasteiger charge is -2.35. The van der Waals surface area contributed by atoms with Crippen LogP contribution in [0.15, 0.2) is 42.5 Å². The van der Waals surface area contributed by atoms with Crippen molar-refractivity contribution in [1.29, 1.82) is 0 Å². The number of rotatable bonds is 3. The van der Waals surface area contributed by atoms with Gasteiger partial charge in [-0.05, 0) is 57.0 Å². The second-order valence-electron chi connectivity index (χ2n) is 6.28. The lowest BCUT2D eigenvalue weighted by molar-refractivity contribution is 0.515. The molecule has 2 aromatic rings. The van der Waals surface area contributed by atoms with Gasteiger partial charge in [0.1, 0.15) is 0 Å². The first-order valence-corrected chi connectivity index (χ1v) is 8.15. The molecule has 0 saturated heterocycles. The minimum Gasteiger partial charge on any atom is -0.399 e. The Hall–Kier alpha value is -1.85. The summed E-state index contributed by atoms with van der Waals surface area (Å²) in [6.07, 6.45) is 0. The average molecular weight is 318 g/mol. The van der Waals surface area contributed by atoms with E-state index in [1.807, 2.05) is 70.2 Å². The molecule has 0 heterocycles. The molecule has 2 aromatic carbocycles. The molecular formula is C17H22N2O2S. The van der Waals surface area contributed by atoms with Crippen LogP contribution in [0.25, 0.3) is 11.1 Å². The Morgan fingerprint density at radius 3 is 2.32 bits per heavy atom. The van der Waals surface area contributed by atoms with Crippen LogP contribution in [-0.4, -0.2) is 14.3 Å². The number of nitrogen functional groups attached to an aromatic ring is 1. The monoisotopic (exact) mass is 318 g/mol. The van der Waals surface area contributed by atoms with Gasteiger partial charge in [0, 0.05) is 16.8 Å². The van der Waals surface area contributed by atoms with Crippen molar-refractivity contribution < 1.29 is 8.76 Å². The molecule has 0 aliphatic rings. The summed E-state index contributed by atoms with van der Waals surface area (Å²) in [5, 5.41) is 0. The van der Waals surface area contributed by atoms with E-state index in [-0.39, 0.29) is 0 Å². The molecule has 5 heteroatoms. The number of hydrogen-bond donors (Lipinski definition) is 2. The van der Waals surface area contributed by atoms with Crippen molar-refractivity contribution in [3.8, 4) is 11.1 Å². The van der Waals surface area contributed by atoms with E-state index in [0.717, 1.165) is 28.1 Å². The molecule has 1 unspecified atom stereocenters. The van der Waals surface area contributed by atoms with Crippen molar-refractivity contribution in [1.82, 2.24) is 0 Å². The van der Waals surface area contributed by atoms with Crippen molar-refractivity contribution in [3.63, 3.8) is 0 Å². The van der Waals surface area contributed by atoms with Crippen LogP contribution in [0.1, 0.15) is 26.3 Å². The first-order chi connectivity index (χ1) is 10.2. The molecule has 0 saturated carbocycles. The van der Waals surface area contributed by atoms with Gasteiger partial charge in [-0.2, -0.15) is 0 Å². The number of aryl methyl sites for hydroxylation is 1. The van der Waals surface area contributed by atoms with E-state index in [1.54, 1.807) is 0 Å². The minimum atomic E-state index is -2.11. The maximum atomic E-state index is 11.9. The molecular weight excluding hydrogens is 296 g/mol. The van der Waals surface area contributed by atoms with Crippen LogP contribution in [0, 0.1) is 6.92 Å². The fourth-order valence-electron chi connectivity index (χ4n) is 2.42. The van der Waals surface area contributed by atoms with Crippen LogP contribution in [0.4, 0.5) is 11.4 Å². The molecule has 0 spiro atoms. The highest BCUT2D eigenvalue weighted by molar-refractivity contribution is 7.80. The first kappa shape index (κ1) is 16.5. The van der Waals surface area contributed by atoms with Gasteiger partial charge in [0.2, 0.25) is 0 Å². The fraction of sp³-hybridized carbons (Fsp3) is 0.294. The lowest BCUT2D eigenvalue weighted by atomic mass is 9.99. The summed E-state index contributed by atoms with van der Waals surface area (Å²) in [6.45, 7) is 7.68. The summed E-state index contributed by atoms with van der Waals surface area (Å²) < 4.78 is 23.1. The average Bonchev–Trinajstić information content (AvgIpc) is 2.40. The van der Waals surface area contributed by atoms with Crippen LogP contribution >= 0.6 is 0 Å². The topological polar surface area (TPSA) is 66.6 Å². The predicted molar refractivity (Wildman–Crippen MR) is 94.0 cm³/mol. The molecule has 4 nitrogen and oxygen atoms in total. The van der Waals surface area contributed by atoms with Gasteiger partial charge >= 0.3 is 0 Å². The van der Waals surface area contributed by atoms with Gasteiger partial charge in [0.05, 0.1) is 5.69 Å². The molecule has 0 fully saturated rings. The molecule has 0 amide bonds. The molecule has 2 rings (SSSR count). The van der Waals surface area contributed by atoms with E-state index in [1.165, 1.54) is 4.31 Å². The summed E-state index contributed by atoms with van der Waals surface area (Å²) in [5.74, 6) is 0. The molecule has 3 N–H and O–H groups in total. The smallest absolute Gasteiger partial charge is 0.262 e. The highest BCUT2D eigenvalue weighted by Gasteiger charge is 2.28. The summed E-state index contributed by atoms with van der Waals surface area (Å²) in [6, 6.07) is 13.4. The minimum absolute atomic E-state index is 0.488. The number of para-hydroxylation sites is 1. The Morgan fingerprint density at radius 1 is 1.14 bits per heavy atom. The quantitative estimate of drug-likeness (QED) is 0.664. The predicted octanol–water partition coefficient (Wildman–Crippen LogP) is 3.99. The van der Waals surface area contributed by atoms with Gasteiger partial charge in [-0.1, -0.05) is 24.3 Å².